The van der Waals surface area contributed by atoms with Crippen molar-refractivity contribution in [1.29, 1.82) is 0 Å². The third kappa shape index (κ3) is 3.33. The Morgan fingerprint density at radius 1 is 1.32 bits per heavy atom. The lowest BCUT2D eigenvalue weighted by atomic mass is 9.97. The number of imidazole rings is 1. The highest BCUT2D eigenvalue weighted by molar-refractivity contribution is 5.80. The van der Waals surface area contributed by atoms with Crippen LogP contribution in [0.3, 0.4) is 0 Å². The SMILES string of the molecule is NC1NN2CC(F)CNC2C1C(=O)NC1CNCCC1n1ccnc1C1CC1. The van der Waals surface area contributed by atoms with Crippen molar-refractivity contribution in [2.24, 2.45) is 11.7 Å². The Bertz CT molecular complexity index is 724. The number of nitrogens with two attached hydrogens (primary N) is 1. The normalized spacial score (nSPS) is 38.9. The number of carbonyl (C=O) groups is 1. The van der Waals surface area contributed by atoms with E-state index in [1.807, 2.05) is 12.4 Å². The van der Waals surface area contributed by atoms with Crippen LogP contribution in [0.5, 0.6) is 0 Å². The van der Waals surface area contributed by atoms with Crippen molar-refractivity contribution in [3.05, 3.63) is 18.2 Å². The van der Waals surface area contributed by atoms with Gasteiger partial charge in [-0.2, -0.15) is 0 Å². The predicted octanol–water partition coefficient (Wildman–Crippen LogP) is -1.23. The van der Waals surface area contributed by atoms with Gasteiger partial charge in [0, 0.05) is 37.9 Å². The molecule has 0 bridgehead atoms. The summed E-state index contributed by atoms with van der Waals surface area (Å²) < 4.78 is 15.9. The van der Waals surface area contributed by atoms with Gasteiger partial charge in [-0.1, -0.05) is 0 Å². The molecule has 0 aromatic carbocycles. The van der Waals surface area contributed by atoms with Gasteiger partial charge in [0.2, 0.25) is 5.91 Å². The molecule has 6 atom stereocenters. The van der Waals surface area contributed by atoms with Crippen LogP contribution in [0.2, 0.25) is 0 Å². The van der Waals surface area contributed by atoms with Crippen LogP contribution in [0.15, 0.2) is 12.4 Å². The van der Waals surface area contributed by atoms with E-state index in [1.54, 1.807) is 5.01 Å². The van der Waals surface area contributed by atoms with Crippen LogP contribution in [0, 0.1) is 5.92 Å². The molecule has 1 aromatic rings. The first kappa shape index (κ1) is 18.4. The molecule has 4 aliphatic rings. The van der Waals surface area contributed by atoms with Crippen molar-refractivity contribution in [2.75, 3.05) is 26.2 Å². The van der Waals surface area contributed by atoms with E-state index in [1.165, 1.54) is 12.8 Å². The van der Waals surface area contributed by atoms with Crippen molar-refractivity contribution in [1.82, 2.24) is 35.9 Å². The Balaban J connectivity index is 1.31. The third-order valence-electron chi connectivity index (χ3n) is 6.40. The average molecular weight is 392 g/mol. The van der Waals surface area contributed by atoms with E-state index in [0.29, 0.717) is 12.5 Å². The maximum absolute atomic E-state index is 13.7. The topological polar surface area (TPSA) is 112 Å². The van der Waals surface area contributed by atoms with Gasteiger partial charge in [0.15, 0.2) is 0 Å². The molecule has 9 nitrogen and oxygen atoms in total. The number of nitrogens with one attached hydrogen (secondary N) is 4. The fraction of sp³-hybridized carbons (Fsp3) is 0.778. The molecule has 4 fully saturated rings. The zero-order chi connectivity index (χ0) is 19.3. The van der Waals surface area contributed by atoms with Crippen molar-refractivity contribution in [2.45, 2.75) is 55.8 Å². The monoisotopic (exact) mass is 392 g/mol. The molecule has 1 aromatic heterocycles. The lowest BCUT2D eigenvalue weighted by molar-refractivity contribution is -0.128. The number of aromatic nitrogens is 2. The Hall–Kier alpha value is -1.59. The number of hydrogen-bond donors (Lipinski definition) is 5. The molecule has 6 N–H and O–H groups in total. The first-order chi connectivity index (χ1) is 13.6. The number of fused-ring (bicyclic) bond motifs is 1. The minimum absolute atomic E-state index is 0.0354. The molecule has 6 unspecified atom stereocenters. The minimum atomic E-state index is -0.966. The van der Waals surface area contributed by atoms with E-state index in [0.717, 1.165) is 18.8 Å². The van der Waals surface area contributed by atoms with Gasteiger partial charge in [0.1, 0.15) is 12.0 Å². The van der Waals surface area contributed by atoms with Crippen LogP contribution in [-0.4, -0.2) is 71.2 Å². The van der Waals surface area contributed by atoms with E-state index < -0.39 is 18.3 Å². The molecular formula is C18H29FN8O. The number of halogens is 1. The quantitative estimate of drug-likeness (QED) is 0.436. The summed E-state index contributed by atoms with van der Waals surface area (Å²) in [5.74, 6) is 1.13. The summed E-state index contributed by atoms with van der Waals surface area (Å²) >= 11 is 0. The number of alkyl halides is 1. The van der Waals surface area contributed by atoms with Crippen molar-refractivity contribution in [3.8, 4) is 0 Å². The zero-order valence-corrected chi connectivity index (χ0v) is 15.9. The number of hydrogen-bond acceptors (Lipinski definition) is 7. The number of amides is 1. The van der Waals surface area contributed by atoms with Gasteiger partial charge in [-0.15, -0.1) is 0 Å². The summed E-state index contributed by atoms with van der Waals surface area (Å²) in [5, 5.41) is 11.5. The molecular weight excluding hydrogens is 363 g/mol. The second-order valence-electron chi connectivity index (χ2n) is 8.43. The van der Waals surface area contributed by atoms with E-state index in [-0.39, 0.29) is 37.2 Å². The minimum Gasteiger partial charge on any atom is -0.350 e. The highest BCUT2D eigenvalue weighted by Gasteiger charge is 2.47. The molecule has 5 rings (SSSR count). The Morgan fingerprint density at radius 2 is 2.18 bits per heavy atom. The molecule has 4 heterocycles. The smallest absolute Gasteiger partial charge is 0.229 e. The number of rotatable bonds is 4. The van der Waals surface area contributed by atoms with Crippen LogP contribution in [0.25, 0.3) is 0 Å². The first-order valence-corrected chi connectivity index (χ1v) is 10.3. The van der Waals surface area contributed by atoms with Gasteiger partial charge >= 0.3 is 0 Å². The summed E-state index contributed by atoms with van der Waals surface area (Å²) in [7, 11) is 0. The summed E-state index contributed by atoms with van der Waals surface area (Å²) in [5.41, 5.74) is 9.23. The van der Waals surface area contributed by atoms with Crippen molar-refractivity contribution in [3.63, 3.8) is 0 Å². The first-order valence-electron chi connectivity index (χ1n) is 10.3. The molecule has 1 amide bonds. The van der Waals surface area contributed by atoms with Gasteiger partial charge in [-0.05, 0) is 25.8 Å². The zero-order valence-electron chi connectivity index (χ0n) is 15.9. The largest absolute Gasteiger partial charge is 0.350 e. The van der Waals surface area contributed by atoms with E-state index in [2.05, 4.69) is 30.9 Å². The molecule has 10 heteroatoms. The van der Waals surface area contributed by atoms with Crippen molar-refractivity contribution >= 4 is 5.91 Å². The maximum Gasteiger partial charge on any atom is 0.229 e. The van der Waals surface area contributed by atoms with Crippen LogP contribution in [0.4, 0.5) is 4.39 Å². The maximum atomic E-state index is 13.7. The number of hydrazine groups is 1. The highest BCUT2D eigenvalue weighted by Crippen LogP contribution is 2.40. The van der Waals surface area contributed by atoms with Crippen LogP contribution < -0.4 is 27.1 Å². The number of piperidine rings is 1. The lowest BCUT2D eigenvalue weighted by Crippen LogP contribution is -2.60. The molecule has 0 spiro atoms. The molecule has 1 aliphatic carbocycles. The van der Waals surface area contributed by atoms with E-state index in [9.17, 15) is 9.18 Å². The van der Waals surface area contributed by atoms with Crippen LogP contribution in [-0.2, 0) is 4.79 Å². The van der Waals surface area contributed by atoms with Crippen molar-refractivity contribution < 1.29 is 9.18 Å². The Labute approximate surface area is 163 Å². The Kier molecular flexibility index (Phi) is 4.84. The molecule has 3 aliphatic heterocycles. The second kappa shape index (κ2) is 7.34. The van der Waals surface area contributed by atoms with Gasteiger partial charge in [0.05, 0.1) is 30.3 Å². The van der Waals surface area contributed by atoms with E-state index >= 15 is 0 Å². The molecule has 154 valence electrons. The average Bonchev–Trinajstić information content (AvgIpc) is 3.31. The molecule has 28 heavy (non-hydrogen) atoms. The van der Waals surface area contributed by atoms with Gasteiger partial charge < -0.3 is 20.9 Å². The van der Waals surface area contributed by atoms with E-state index in [4.69, 9.17) is 5.73 Å². The molecule has 3 saturated heterocycles. The Morgan fingerprint density at radius 3 is 3.00 bits per heavy atom. The summed E-state index contributed by atoms with van der Waals surface area (Å²) in [4.78, 5) is 17.7. The number of carbonyl (C=O) groups excluding carboxylic acids is 1. The van der Waals surface area contributed by atoms with Gasteiger partial charge in [-0.3, -0.25) is 10.1 Å². The summed E-state index contributed by atoms with van der Waals surface area (Å²) in [6.45, 7) is 2.11. The van der Waals surface area contributed by atoms with Gasteiger partial charge in [-0.25, -0.2) is 19.8 Å². The predicted molar refractivity (Wildman–Crippen MR) is 101 cm³/mol. The molecule has 0 radical (unpaired) electrons. The fourth-order valence-corrected chi connectivity index (χ4v) is 4.85. The highest BCUT2D eigenvalue weighted by atomic mass is 19.1. The fourth-order valence-electron chi connectivity index (χ4n) is 4.85. The standard InChI is InChI=1S/C18H29FN8O/c19-11-7-23-17-14(15(20)25-27(17)9-11)18(28)24-12-8-21-4-3-13(12)26-6-5-22-16(26)10-1-2-10/h5-6,10-15,17,21,23,25H,1-4,7-9,20H2,(H,24,28). The van der Waals surface area contributed by atoms with Gasteiger partial charge in [0.25, 0.3) is 0 Å². The lowest BCUT2D eigenvalue weighted by Gasteiger charge is -2.37. The second-order valence-corrected chi connectivity index (χ2v) is 8.43. The molecule has 1 saturated carbocycles. The summed E-state index contributed by atoms with van der Waals surface area (Å²) in [6.07, 6.45) is 5.45. The third-order valence-corrected chi connectivity index (χ3v) is 6.40. The van der Waals surface area contributed by atoms with Crippen LogP contribution >= 0.6 is 0 Å². The van der Waals surface area contributed by atoms with Crippen LogP contribution in [0.1, 0.15) is 37.0 Å². The summed E-state index contributed by atoms with van der Waals surface area (Å²) in [6, 6.07) is 0.145. The number of nitrogens with zero attached hydrogens (tertiary/aromatic N) is 3.